The Hall–Kier alpha value is -1.93. The van der Waals surface area contributed by atoms with Crippen LogP contribution < -0.4 is 10.5 Å². The maximum absolute atomic E-state index is 11.8. The van der Waals surface area contributed by atoms with Crippen LogP contribution in [0.5, 0.6) is 0 Å². The summed E-state index contributed by atoms with van der Waals surface area (Å²) >= 11 is 0. The van der Waals surface area contributed by atoms with Gasteiger partial charge in [-0.15, -0.1) is 0 Å². The van der Waals surface area contributed by atoms with E-state index in [1.54, 1.807) is 0 Å². The zero-order chi connectivity index (χ0) is 14.2. The van der Waals surface area contributed by atoms with Gasteiger partial charge in [0.15, 0.2) is 0 Å². The number of amides is 2. The van der Waals surface area contributed by atoms with Crippen molar-refractivity contribution in [2.45, 2.75) is 0 Å². The fourth-order valence-electron chi connectivity index (χ4n) is 1.81. The van der Waals surface area contributed by atoms with Crippen molar-refractivity contribution in [2.24, 2.45) is 5.73 Å². The summed E-state index contributed by atoms with van der Waals surface area (Å²) in [7, 11) is -2.15. The monoisotopic (exact) mass is 283 g/mol. The Morgan fingerprint density at radius 2 is 1.84 bits per heavy atom. The summed E-state index contributed by atoms with van der Waals surface area (Å²) in [5, 5.41) is 0. The van der Waals surface area contributed by atoms with Gasteiger partial charge in [0.1, 0.15) is 0 Å². The third-order valence-corrected chi connectivity index (χ3v) is 4.07. The Labute approximate surface area is 110 Å². The molecule has 1 aliphatic rings. The summed E-state index contributed by atoms with van der Waals surface area (Å²) in [6.45, 7) is 0.000425. The summed E-state index contributed by atoms with van der Waals surface area (Å²) in [5.41, 5.74) is 5.90. The number of sulfonamides is 1. The van der Waals surface area contributed by atoms with E-state index in [1.165, 1.54) is 25.2 Å². The topological polar surface area (TPSA) is 110 Å². The average Bonchev–Trinajstić information content (AvgIpc) is 2.54. The van der Waals surface area contributed by atoms with E-state index in [1.807, 2.05) is 0 Å². The zero-order valence-corrected chi connectivity index (χ0v) is 11.0. The highest BCUT2D eigenvalue weighted by molar-refractivity contribution is 7.92. The first-order valence-corrected chi connectivity index (χ1v) is 7.18. The van der Waals surface area contributed by atoms with Gasteiger partial charge in [0.05, 0.1) is 16.9 Å². The Balaban J connectivity index is 2.34. The smallest absolute Gasteiger partial charge is 0.261 e. The van der Waals surface area contributed by atoms with Gasteiger partial charge in [0, 0.05) is 19.3 Å². The number of rotatable bonds is 4. The third-order valence-electron chi connectivity index (χ3n) is 2.75. The van der Waals surface area contributed by atoms with E-state index in [9.17, 15) is 18.0 Å². The summed E-state index contributed by atoms with van der Waals surface area (Å²) < 4.78 is 25.4. The highest BCUT2D eigenvalue weighted by atomic mass is 32.2. The molecule has 0 radical (unpaired) electrons. The predicted molar refractivity (Wildman–Crippen MR) is 69.3 cm³/mol. The molecule has 0 unspecified atom stereocenters. The fourth-order valence-corrected chi connectivity index (χ4v) is 2.71. The lowest BCUT2D eigenvalue weighted by Crippen LogP contribution is -2.24. The molecule has 8 heteroatoms. The molecule has 0 bridgehead atoms. The van der Waals surface area contributed by atoms with E-state index < -0.39 is 21.8 Å². The first-order chi connectivity index (χ1) is 8.85. The van der Waals surface area contributed by atoms with Gasteiger partial charge in [-0.1, -0.05) is 0 Å². The van der Waals surface area contributed by atoms with Crippen molar-refractivity contribution in [3.8, 4) is 0 Å². The lowest BCUT2D eigenvalue weighted by Gasteiger charge is -2.07. The maximum atomic E-state index is 11.8. The minimum absolute atomic E-state index is 0.000425. The van der Waals surface area contributed by atoms with Crippen molar-refractivity contribution in [1.29, 1.82) is 0 Å². The molecule has 1 aromatic rings. The van der Waals surface area contributed by atoms with Crippen LogP contribution >= 0.6 is 0 Å². The Bertz CT molecular complexity index is 654. The number of anilines is 1. The predicted octanol–water partition coefficient (Wildman–Crippen LogP) is -0.387. The highest BCUT2D eigenvalue weighted by Gasteiger charge is 2.32. The molecular weight excluding hydrogens is 270 g/mol. The van der Waals surface area contributed by atoms with Crippen LogP contribution in [0.25, 0.3) is 0 Å². The van der Waals surface area contributed by atoms with Crippen LogP contribution in [0.4, 0.5) is 5.69 Å². The van der Waals surface area contributed by atoms with Gasteiger partial charge in [-0.2, -0.15) is 0 Å². The molecule has 2 amide bonds. The maximum Gasteiger partial charge on any atom is 0.261 e. The number of nitrogens with two attached hydrogens (primary N) is 1. The van der Waals surface area contributed by atoms with Crippen molar-refractivity contribution >= 4 is 27.5 Å². The quantitative estimate of drug-likeness (QED) is 0.731. The Morgan fingerprint density at radius 1 is 1.21 bits per heavy atom. The molecule has 102 valence electrons. The molecule has 19 heavy (non-hydrogen) atoms. The minimum atomic E-state index is -3.53. The summed E-state index contributed by atoms with van der Waals surface area (Å²) in [6.07, 6.45) is 0. The van der Waals surface area contributed by atoms with Gasteiger partial charge >= 0.3 is 0 Å². The first kappa shape index (κ1) is 13.5. The molecule has 7 nitrogen and oxygen atoms in total. The largest absolute Gasteiger partial charge is 0.329 e. The zero-order valence-electron chi connectivity index (χ0n) is 10.2. The molecule has 1 aliphatic heterocycles. The lowest BCUT2D eigenvalue weighted by molar-refractivity contribution is 0.0693. The number of imide groups is 1. The van der Waals surface area contributed by atoms with Gasteiger partial charge in [-0.05, 0) is 18.2 Å². The van der Waals surface area contributed by atoms with E-state index in [-0.39, 0.29) is 29.1 Å². The molecule has 1 aromatic carbocycles. The average molecular weight is 283 g/mol. The standard InChI is InChI=1S/C11H13N3O4S/c1-14-10(15)8-3-2-7(6-9(8)11(14)16)13-19(17,18)5-4-12/h2-3,6,13H,4-5,12H2,1H3. The van der Waals surface area contributed by atoms with E-state index in [4.69, 9.17) is 5.73 Å². The highest BCUT2D eigenvalue weighted by Crippen LogP contribution is 2.25. The number of hydrogen-bond acceptors (Lipinski definition) is 5. The Kier molecular flexibility index (Phi) is 3.29. The van der Waals surface area contributed by atoms with Crippen LogP contribution in [-0.2, 0) is 10.0 Å². The summed E-state index contributed by atoms with van der Waals surface area (Å²) in [6, 6.07) is 4.23. The van der Waals surface area contributed by atoms with Crippen LogP contribution in [0, 0.1) is 0 Å². The normalized spacial score (nSPS) is 14.7. The van der Waals surface area contributed by atoms with E-state index in [0.29, 0.717) is 0 Å². The molecule has 0 aromatic heterocycles. The molecule has 1 heterocycles. The van der Waals surface area contributed by atoms with Crippen molar-refractivity contribution in [3.63, 3.8) is 0 Å². The van der Waals surface area contributed by atoms with Crippen molar-refractivity contribution < 1.29 is 18.0 Å². The lowest BCUT2D eigenvalue weighted by atomic mass is 10.1. The molecular formula is C11H13N3O4S. The molecule has 0 spiro atoms. The molecule has 3 N–H and O–H groups in total. The van der Waals surface area contributed by atoms with Gasteiger partial charge in [0.25, 0.3) is 11.8 Å². The molecule has 0 saturated carbocycles. The SMILES string of the molecule is CN1C(=O)c2ccc(NS(=O)(=O)CCN)cc2C1=O. The summed E-state index contributed by atoms with van der Waals surface area (Å²) in [4.78, 5) is 24.4. The van der Waals surface area contributed by atoms with Crippen LogP contribution in [-0.4, -0.2) is 44.5 Å². The van der Waals surface area contributed by atoms with Gasteiger partial charge < -0.3 is 5.73 Å². The third kappa shape index (κ3) is 2.45. The van der Waals surface area contributed by atoms with Crippen LogP contribution in [0.3, 0.4) is 0 Å². The van der Waals surface area contributed by atoms with Crippen LogP contribution in [0.15, 0.2) is 18.2 Å². The molecule has 2 rings (SSSR count). The number of carbonyl (C=O) groups excluding carboxylic acids is 2. The number of fused-ring (bicyclic) bond motifs is 1. The minimum Gasteiger partial charge on any atom is -0.329 e. The van der Waals surface area contributed by atoms with Gasteiger partial charge in [-0.25, -0.2) is 8.42 Å². The number of hydrogen-bond donors (Lipinski definition) is 2. The van der Waals surface area contributed by atoms with Gasteiger partial charge in [0.2, 0.25) is 10.0 Å². The van der Waals surface area contributed by atoms with Crippen molar-refractivity contribution in [2.75, 3.05) is 24.1 Å². The van der Waals surface area contributed by atoms with Crippen LogP contribution in [0.2, 0.25) is 0 Å². The van der Waals surface area contributed by atoms with Crippen molar-refractivity contribution in [3.05, 3.63) is 29.3 Å². The number of carbonyl (C=O) groups is 2. The second kappa shape index (κ2) is 4.63. The molecule has 0 atom stereocenters. The number of nitrogens with zero attached hydrogens (tertiary/aromatic N) is 1. The Morgan fingerprint density at radius 3 is 2.47 bits per heavy atom. The van der Waals surface area contributed by atoms with Crippen LogP contribution in [0.1, 0.15) is 20.7 Å². The molecule has 0 fully saturated rings. The summed E-state index contributed by atoms with van der Waals surface area (Å²) in [5.74, 6) is -1.05. The van der Waals surface area contributed by atoms with Crippen molar-refractivity contribution in [1.82, 2.24) is 4.90 Å². The molecule has 0 aliphatic carbocycles. The van der Waals surface area contributed by atoms with Gasteiger partial charge in [-0.3, -0.25) is 19.2 Å². The number of nitrogens with one attached hydrogen (secondary N) is 1. The van der Waals surface area contributed by atoms with E-state index in [0.717, 1.165) is 4.90 Å². The molecule has 0 saturated heterocycles. The second-order valence-corrected chi connectivity index (χ2v) is 5.98. The second-order valence-electron chi connectivity index (χ2n) is 4.14. The van der Waals surface area contributed by atoms with E-state index in [2.05, 4.69) is 4.72 Å². The van der Waals surface area contributed by atoms with E-state index >= 15 is 0 Å². The number of benzene rings is 1. The first-order valence-electron chi connectivity index (χ1n) is 5.53. The fraction of sp³-hybridized carbons (Fsp3) is 0.273.